The number of aryl methyl sites for hydroxylation is 1. The molecule has 0 spiro atoms. The molecule has 1 aliphatic rings. The van der Waals surface area contributed by atoms with E-state index in [0.29, 0.717) is 16.0 Å². The molecule has 5 rings (SSSR count). The fraction of sp³-hybridized carbons (Fsp3) is 0.107. The average molecular weight is 487 g/mol. The third-order valence-electron chi connectivity index (χ3n) is 5.89. The van der Waals surface area contributed by atoms with Crippen LogP contribution in [0.5, 0.6) is 0 Å². The fourth-order valence-corrected chi connectivity index (χ4v) is 6.66. The van der Waals surface area contributed by atoms with Crippen LogP contribution in [-0.4, -0.2) is 20.3 Å². The molecule has 4 aromatic rings. The Bertz CT molecular complexity index is 1440. The lowest BCUT2D eigenvalue weighted by molar-refractivity contribution is 0.0759. The van der Waals surface area contributed by atoms with E-state index in [9.17, 15) is 13.2 Å². The van der Waals surface area contributed by atoms with Crippen molar-refractivity contribution >= 4 is 32.7 Å². The molecule has 0 bridgehead atoms. The molecular formula is C28H22O4S2. The highest BCUT2D eigenvalue weighted by Crippen LogP contribution is 2.48. The van der Waals surface area contributed by atoms with Gasteiger partial charge in [0.2, 0.25) is 15.6 Å². The van der Waals surface area contributed by atoms with Crippen molar-refractivity contribution in [1.29, 1.82) is 0 Å². The van der Waals surface area contributed by atoms with Crippen molar-refractivity contribution in [3.8, 4) is 0 Å². The number of ketones is 1. The summed E-state index contributed by atoms with van der Waals surface area (Å²) >= 11 is 1.32. The third-order valence-corrected chi connectivity index (χ3v) is 8.69. The van der Waals surface area contributed by atoms with E-state index in [4.69, 9.17) is 4.74 Å². The average Bonchev–Trinajstić information content (AvgIpc) is 3.54. The van der Waals surface area contributed by atoms with Gasteiger partial charge in [0.15, 0.2) is 6.10 Å². The van der Waals surface area contributed by atoms with Gasteiger partial charge in [0, 0.05) is 5.56 Å². The van der Waals surface area contributed by atoms with E-state index >= 15 is 0 Å². The Morgan fingerprint density at radius 1 is 0.824 bits per heavy atom. The van der Waals surface area contributed by atoms with E-state index in [-0.39, 0.29) is 21.3 Å². The van der Waals surface area contributed by atoms with Crippen LogP contribution in [0.3, 0.4) is 0 Å². The molecule has 34 heavy (non-hydrogen) atoms. The topological polar surface area (TPSA) is 60.4 Å². The first kappa shape index (κ1) is 22.3. The van der Waals surface area contributed by atoms with Crippen molar-refractivity contribution in [2.24, 2.45) is 0 Å². The van der Waals surface area contributed by atoms with Gasteiger partial charge in [-0.05, 0) is 36.1 Å². The highest BCUT2D eigenvalue weighted by molar-refractivity contribution is 7.95. The van der Waals surface area contributed by atoms with E-state index in [1.165, 1.54) is 11.3 Å². The number of sulfone groups is 1. The molecule has 2 atom stereocenters. The lowest BCUT2D eigenvalue weighted by Crippen LogP contribution is -2.28. The van der Waals surface area contributed by atoms with E-state index in [0.717, 1.165) is 5.56 Å². The van der Waals surface area contributed by atoms with Crippen LogP contribution in [0, 0.1) is 6.92 Å². The number of benzene rings is 3. The maximum atomic E-state index is 14.1. The van der Waals surface area contributed by atoms with Gasteiger partial charge in [0.1, 0.15) is 10.7 Å². The van der Waals surface area contributed by atoms with Crippen molar-refractivity contribution in [3.05, 3.63) is 129 Å². The summed E-state index contributed by atoms with van der Waals surface area (Å²) in [5, 5.41) is 1.83. The molecule has 6 heteroatoms. The number of rotatable bonds is 6. The number of carbonyl (C=O) groups is 1. The largest absolute Gasteiger partial charge is 0.480 e. The molecular weight excluding hydrogens is 464 g/mol. The Labute approximate surface area is 203 Å². The minimum atomic E-state index is -3.98. The van der Waals surface area contributed by atoms with Crippen molar-refractivity contribution in [2.45, 2.75) is 23.8 Å². The van der Waals surface area contributed by atoms with Gasteiger partial charge in [-0.3, -0.25) is 4.79 Å². The number of hydrogen-bond acceptors (Lipinski definition) is 5. The van der Waals surface area contributed by atoms with Crippen LogP contribution in [0.4, 0.5) is 0 Å². The number of Topliss-reactive ketones (excluding diaryl/α,β-unsaturated/α-hetero) is 1. The van der Waals surface area contributed by atoms with Gasteiger partial charge in [0.05, 0.1) is 15.7 Å². The molecule has 2 heterocycles. The molecule has 1 aromatic heterocycles. The standard InChI is InChI=1S/C28H22O4S2/c1-19-14-16-22(17-15-19)34(30,31)28-24(20-9-4-2-5-10-20)27(25(29)23-13-8-18-33-23)32-26(28)21-11-6-3-7-12-21/h2-18,24,27H,1H3/t24-,27+/m1/s1. The Kier molecular flexibility index (Phi) is 5.94. The maximum absolute atomic E-state index is 14.1. The van der Waals surface area contributed by atoms with E-state index < -0.39 is 21.9 Å². The van der Waals surface area contributed by atoms with Crippen molar-refractivity contribution < 1.29 is 17.9 Å². The summed E-state index contributed by atoms with van der Waals surface area (Å²) in [6.45, 7) is 1.91. The van der Waals surface area contributed by atoms with Gasteiger partial charge in [-0.1, -0.05) is 84.4 Å². The second-order valence-electron chi connectivity index (χ2n) is 8.14. The van der Waals surface area contributed by atoms with Gasteiger partial charge in [-0.15, -0.1) is 11.3 Å². The number of thiophene rings is 1. The third kappa shape index (κ3) is 4.00. The second-order valence-corrected chi connectivity index (χ2v) is 11.0. The Morgan fingerprint density at radius 2 is 1.47 bits per heavy atom. The normalized spacial score (nSPS) is 18.0. The van der Waals surface area contributed by atoms with Crippen molar-refractivity contribution in [1.82, 2.24) is 0 Å². The zero-order chi connectivity index (χ0) is 23.7. The summed E-state index contributed by atoms with van der Waals surface area (Å²) in [7, 11) is -3.98. The van der Waals surface area contributed by atoms with Crippen LogP contribution in [0.1, 0.15) is 32.3 Å². The summed E-state index contributed by atoms with van der Waals surface area (Å²) in [5.41, 5.74) is 2.30. The van der Waals surface area contributed by atoms with Crippen molar-refractivity contribution in [3.63, 3.8) is 0 Å². The molecule has 0 fully saturated rings. The predicted molar refractivity (Wildman–Crippen MR) is 134 cm³/mol. The number of hydrogen-bond donors (Lipinski definition) is 0. The minimum absolute atomic E-state index is 0.114. The van der Waals surface area contributed by atoms with Crippen LogP contribution in [0.15, 0.2) is 112 Å². The smallest absolute Gasteiger partial charge is 0.214 e. The van der Waals surface area contributed by atoms with Gasteiger partial charge in [-0.25, -0.2) is 8.42 Å². The van der Waals surface area contributed by atoms with Crippen LogP contribution in [-0.2, 0) is 14.6 Å². The molecule has 4 nitrogen and oxygen atoms in total. The van der Waals surface area contributed by atoms with Crippen LogP contribution < -0.4 is 0 Å². The van der Waals surface area contributed by atoms with E-state index in [1.807, 2.05) is 60.8 Å². The lowest BCUT2D eigenvalue weighted by Gasteiger charge is -2.20. The molecule has 0 radical (unpaired) electrons. The van der Waals surface area contributed by atoms with Crippen LogP contribution in [0.2, 0.25) is 0 Å². The second kappa shape index (κ2) is 9.05. The SMILES string of the molecule is Cc1ccc(S(=O)(=O)C2=C(c3ccccc3)O[C@H](C(=O)c3cccs3)[C@H]2c2ccccc2)cc1. The Hall–Kier alpha value is -3.48. The summed E-state index contributed by atoms with van der Waals surface area (Å²) in [6, 6.07) is 28.7. The van der Waals surface area contributed by atoms with Gasteiger partial charge in [0.25, 0.3) is 0 Å². The van der Waals surface area contributed by atoms with Gasteiger partial charge >= 0.3 is 0 Å². The van der Waals surface area contributed by atoms with E-state index in [2.05, 4.69) is 0 Å². The molecule has 0 saturated carbocycles. The molecule has 0 saturated heterocycles. The molecule has 3 aromatic carbocycles. The molecule has 0 amide bonds. The molecule has 1 aliphatic heterocycles. The molecule has 0 N–H and O–H groups in total. The first-order chi connectivity index (χ1) is 16.5. The highest BCUT2D eigenvalue weighted by atomic mass is 32.2. The maximum Gasteiger partial charge on any atom is 0.214 e. The Balaban J connectivity index is 1.76. The number of carbonyl (C=O) groups excluding carboxylic acids is 1. The minimum Gasteiger partial charge on any atom is -0.480 e. The van der Waals surface area contributed by atoms with E-state index in [1.54, 1.807) is 48.5 Å². The summed E-state index contributed by atoms with van der Waals surface area (Å²) < 4.78 is 34.5. The monoisotopic (exact) mass is 486 g/mol. The molecule has 170 valence electrons. The van der Waals surface area contributed by atoms with Gasteiger partial charge < -0.3 is 4.74 Å². The summed E-state index contributed by atoms with van der Waals surface area (Å²) in [6.07, 6.45) is -0.994. The zero-order valence-electron chi connectivity index (χ0n) is 18.4. The molecule has 0 aliphatic carbocycles. The zero-order valence-corrected chi connectivity index (χ0v) is 20.1. The van der Waals surface area contributed by atoms with Crippen LogP contribution >= 0.6 is 11.3 Å². The highest BCUT2D eigenvalue weighted by Gasteiger charge is 2.48. The Morgan fingerprint density at radius 3 is 2.09 bits per heavy atom. The summed E-state index contributed by atoms with van der Waals surface area (Å²) in [4.78, 5) is 14.4. The first-order valence-corrected chi connectivity index (χ1v) is 13.2. The quantitative estimate of drug-likeness (QED) is 0.302. The van der Waals surface area contributed by atoms with Crippen LogP contribution in [0.25, 0.3) is 5.76 Å². The first-order valence-electron chi connectivity index (χ1n) is 10.9. The molecule has 0 unspecified atom stereocenters. The van der Waals surface area contributed by atoms with Crippen molar-refractivity contribution in [2.75, 3.05) is 0 Å². The lowest BCUT2D eigenvalue weighted by atomic mass is 9.91. The fourth-order valence-electron chi connectivity index (χ4n) is 4.22. The van der Waals surface area contributed by atoms with Gasteiger partial charge in [-0.2, -0.15) is 0 Å². The summed E-state index contributed by atoms with van der Waals surface area (Å²) in [5.74, 6) is -0.784. The predicted octanol–water partition coefficient (Wildman–Crippen LogP) is 6.26. The number of ether oxygens (including phenoxy) is 1.